The quantitative estimate of drug-likeness (QED) is 0.820. The van der Waals surface area contributed by atoms with Gasteiger partial charge in [-0.1, -0.05) is 18.0 Å². The van der Waals surface area contributed by atoms with E-state index in [1.165, 1.54) is 6.42 Å². The smallest absolute Gasteiger partial charge is 0.138 e. The number of aliphatic hydroxyl groups is 1. The molecular weight excluding hydrogens is 204 g/mol. The lowest BCUT2D eigenvalue weighted by Crippen LogP contribution is -2.41. The number of aryl methyl sites for hydroxylation is 2. The molecule has 4 nitrogen and oxygen atoms in total. The third-order valence-corrected chi connectivity index (χ3v) is 3.45. The predicted octanol–water partition coefficient (Wildman–Crippen LogP) is 1.68. The van der Waals surface area contributed by atoms with Crippen molar-refractivity contribution in [1.29, 1.82) is 0 Å². The third kappa shape index (κ3) is 2.44. The van der Waals surface area contributed by atoms with Gasteiger partial charge in [0.2, 0.25) is 0 Å². The first-order chi connectivity index (χ1) is 7.68. The highest BCUT2D eigenvalue weighted by molar-refractivity contribution is 5.20. The Bertz CT molecular complexity index is 329. The van der Waals surface area contributed by atoms with Crippen LogP contribution in [0.2, 0.25) is 0 Å². The van der Waals surface area contributed by atoms with E-state index in [0.717, 1.165) is 42.8 Å². The maximum Gasteiger partial charge on any atom is 0.138 e. The molecule has 1 heterocycles. The molecule has 0 saturated heterocycles. The summed E-state index contributed by atoms with van der Waals surface area (Å²) in [6.45, 7) is 4.61. The summed E-state index contributed by atoms with van der Waals surface area (Å²) in [6, 6.07) is 0.224. The summed E-state index contributed by atoms with van der Waals surface area (Å²) in [6.07, 6.45) is 4.12. The molecule has 0 unspecified atom stereocenters. The fraction of sp³-hybridized carbons (Fsp3) is 0.750. The van der Waals surface area contributed by atoms with Gasteiger partial charge in [-0.25, -0.2) is 0 Å². The molecule has 0 aromatic carbocycles. The third-order valence-electron chi connectivity index (χ3n) is 3.45. The predicted molar refractivity (Wildman–Crippen MR) is 61.1 cm³/mol. The molecule has 1 aromatic heterocycles. The Morgan fingerprint density at radius 2 is 2.12 bits per heavy atom. The van der Waals surface area contributed by atoms with Crippen LogP contribution in [0.15, 0.2) is 4.52 Å². The van der Waals surface area contributed by atoms with Crippen molar-refractivity contribution in [3.05, 3.63) is 17.0 Å². The van der Waals surface area contributed by atoms with Crippen LogP contribution in [0.25, 0.3) is 0 Å². The number of rotatable bonds is 3. The van der Waals surface area contributed by atoms with Gasteiger partial charge in [0.05, 0.1) is 11.8 Å². The number of hydrogen-bond acceptors (Lipinski definition) is 4. The van der Waals surface area contributed by atoms with Crippen LogP contribution in [-0.4, -0.2) is 22.4 Å². The van der Waals surface area contributed by atoms with Gasteiger partial charge in [0, 0.05) is 18.2 Å². The molecule has 2 rings (SSSR count). The van der Waals surface area contributed by atoms with Crippen LogP contribution in [0.3, 0.4) is 0 Å². The molecule has 2 atom stereocenters. The van der Waals surface area contributed by atoms with Crippen molar-refractivity contribution in [2.24, 2.45) is 0 Å². The van der Waals surface area contributed by atoms with Gasteiger partial charge < -0.3 is 14.9 Å². The summed E-state index contributed by atoms with van der Waals surface area (Å²) in [7, 11) is 0. The molecule has 16 heavy (non-hydrogen) atoms. The molecule has 0 radical (unpaired) electrons. The average molecular weight is 224 g/mol. The van der Waals surface area contributed by atoms with Crippen LogP contribution in [0, 0.1) is 13.8 Å². The second-order valence-electron chi connectivity index (χ2n) is 4.64. The van der Waals surface area contributed by atoms with E-state index in [4.69, 9.17) is 4.52 Å². The fourth-order valence-corrected chi connectivity index (χ4v) is 2.34. The molecule has 0 bridgehead atoms. The number of aromatic nitrogens is 1. The lowest BCUT2D eigenvalue weighted by molar-refractivity contribution is 0.0902. The highest BCUT2D eigenvalue weighted by Crippen LogP contribution is 2.19. The van der Waals surface area contributed by atoms with Crippen molar-refractivity contribution in [1.82, 2.24) is 10.5 Å². The normalized spacial score (nSPS) is 25.9. The van der Waals surface area contributed by atoms with Crippen LogP contribution in [0.5, 0.6) is 0 Å². The van der Waals surface area contributed by atoms with Crippen molar-refractivity contribution >= 4 is 0 Å². The van der Waals surface area contributed by atoms with Crippen LogP contribution in [0.1, 0.15) is 42.7 Å². The minimum atomic E-state index is -0.200. The number of hydrogen-bond donors (Lipinski definition) is 2. The SMILES string of the molecule is Cc1noc(C)c1CN[C@@H]1CCCC[C@H]1O. The van der Waals surface area contributed by atoms with Gasteiger partial charge in [0.25, 0.3) is 0 Å². The van der Waals surface area contributed by atoms with E-state index >= 15 is 0 Å². The van der Waals surface area contributed by atoms with Gasteiger partial charge in [0.1, 0.15) is 5.76 Å². The van der Waals surface area contributed by atoms with Crippen LogP contribution in [0.4, 0.5) is 0 Å². The first-order valence-corrected chi connectivity index (χ1v) is 6.01. The Balaban J connectivity index is 1.91. The van der Waals surface area contributed by atoms with Crippen molar-refractivity contribution < 1.29 is 9.63 Å². The zero-order valence-electron chi connectivity index (χ0n) is 9.99. The topological polar surface area (TPSA) is 58.3 Å². The zero-order valence-corrected chi connectivity index (χ0v) is 9.99. The first-order valence-electron chi connectivity index (χ1n) is 6.01. The minimum Gasteiger partial charge on any atom is -0.392 e. The van der Waals surface area contributed by atoms with Gasteiger partial charge in [-0.2, -0.15) is 0 Å². The van der Waals surface area contributed by atoms with Gasteiger partial charge in [-0.3, -0.25) is 0 Å². The van der Waals surface area contributed by atoms with Crippen LogP contribution in [-0.2, 0) is 6.54 Å². The zero-order chi connectivity index (χ0) is 11.5. The maximum atomic E-state index is 9.83. The standard InChI is InChI=1S/C12H20N2O2/c1-8-10(9(2)16-14-8)7-13-11-5-3-4-6-12(11)15/h11-13,15H,3-7H2,1-2H3/t11-,12-/m1/s1. The Morgan fingerprint density at radius 3 is 2.75 bits per heavy atom. The summed E-state index contributed by atoms with van der Waals surface area (Å²) in [5.41, 5.74) is 2.06. The molecule has 4 heteroatoms. The van der Waals surface area contributed by atoms with Crippen molar-refractivity contribution in [3.8, 4) is 0 Å². The first kappa shape index (κ1) is 11.6. The Hall–Kier alpha value is -0.870. The van der Waals surface area contributed by atoms with Gasteiger partial charge in [0.15, 0.2) is 0 Å². The molecule has 1 saturated carbocycles. The lowest BCUT2D eigenvalue weighted by Gasteiger charge is -2.28. The second-order valence-corrected chi connectivity index (χ2v) is 4.64. The summed E-state index contributed by atoms with van der Waals surface area (Å²) >= 11 is 0. The molecule has 0 amide bonds. The van der Waals surface area contributed by atoms with Crippen molar-refractivity contribution in [2.45, 2.75) is 58.2 Å². The average Bonchev–Trinajstić information content (AvgIpc) is 2.58. The van der Waals surface area contributed by atoms with Crippen LogP contribution >= 0.6 is 0 Å². The molecule has 1 aromatic rings. The second kappa shape index (κ2) is 4.97. The Kier molecular flexibility index (Phi) is 3.61. The summed E-state index contributed by atoms with van der Waals surface area (Å²) in [5.74, 6) is 0.871. The Morgan fingerprint density at radius 1 is 1.38 bits per heavy atom. The van der Waals surface area contributed by atoms with Gasteiger partial charge in [-0.15, -0.1) is 0 Å². The van der Waals surface area contributed by atoms with E-state index in [0.29, 0.717) is 0 Å². The molecular formula is C12H20N2O2. The summed E-state index contributed by atoms with van der Waals surface area (Å²) < 4.78 is 5.11. The van der Waals surface area contributed by atoms with Crippen molar-refractivity contribution in [2.75, 3.05) is 0 Å². The number of nitrogens with one attached hydrogen (secondary N) is 1. The maximum absolute atomic E-state index is 9.83. The van der Waals surface area contributed by atoms with E-state index in [1.54, 1.807) is 0 Å². The van der Waals surface area contributed by atoms with Crippen molar-refractivity contribution in [3.63, 3.8) is 0 Å². The summed E-state index contributed by atoms with van der Waals surface area (Å²) in [4.78, 5) is 0. The molecule has 1 aliphatic rings. The van der Waals surface area contributed by atoms with Gasteiger partial charge >= 0.3 is 0 Å². The van der Waals surface area contributed by atoms with E-state index in [2.05, 4.69) is 10.5 Å². The van der Waals surface area contributed by atoms with E-state index < -0.39 is 0 Å². The monoisotopic (exact) mass is 224 g/mol. The number of aliphatic hydroxyl groups excluding tert-OH is 1. The molecule has 1 aliphatic carbocycles. The lowest BCUT2D eigenvalue weighted by atomic mass is 9.92. The molecule has 0 spiro atoms. The van der Waals surface area contributed by atoms with E-state index in [1.807, 2.05) is 13.8 Å². The molecule has 2 N–H and O–H groups in total. The molecule has 1 fully saturated rings. The highest BCUT2D eigenvalue weighted by Gasteiger charge is 2.23. The molecule has 90 valence electrons. The largest absolute Gasteiger partial charge is 0.392 e. The Labute approximate surface area is 96.0 Å². The number of nitrogens with zero attached hydrogens (tertiary/aromatic N) is 1. The summed E-state index contributed by atoms with van der Waals surface area (Å²) in [5, 5.41) is 17.2. The molecule has 0 aliphatic heterocycles. The minimum absolute atomic E-state index is 0.200. The van der Waals surface area contributed by atoms with Crippen LogP contribution < -0.4 is 5.32 Å². The van der Waals surface area contributed by atoms with Gasteiger partial charge in [-0.05, 0) is 26.7 Å². The van der Waals surface area contributed by atoms with E-state index in [-0.39, 0.29) is 12.1 Å². The van der Waals surface area contributed by atoms with E-state index in [9.17, 15) is 5.11 Å². The fourth-order valence-electron chi connectivity index (χ4n) is 2.34. The highest BCUT2D eigenvalue weighted by atomic mass is 16.5.